The Morgan fingerprint density at radius 3 is 2.69 bits per heavy atom. The van der Waals surface area contributed by atoms with E-state index in [0.717, 1.165) is 26.2 Å². The van der Waals surface area contributed by atoms with Crippen LogP contribution >= 0.6 is 0 Å². The SMILES string of the molecule is CCOC(=O)C1CNCC12CNC2. The molecule has 1 unspecified atom stereocenters. The minimum Gasteiger partial charge on any atom is -0.466 e. The van der Waals surface area contributed by atoms with Crippen LogP contribution in [0.1, 0.15) is 6.92 Å². The van der Waals surface area contributed by atoms with Crippen molar-refractivity contribution in [3.8, 4) is 0 Å². The van der Waals surface area contributed by atoms with Gasteiger partial charge in [0, 0.05) is 31.6 Å². The normalized spacial score (nSPS) is 30.1. The van der Waals surface area contributed by atoms with Crippen LogP contribution in [0.25, 0.3) is 0 Å². The number of carbonyl (C=O) groups excluding carboxylic acids is 1. The summed E-state index contributed by atoms with van der Waals surface area (Å²) in [6, 6.07) is 0. The van der Waals surface area contributed by atoms with Crippen molar-refractivity contribution in [3.63, 3.8) is 0 Å². The van der Waals surface area contributed by atoms with Gasteiger partial charge in [-0.2, -0.15) is 0 Å². The molecule has 0 aliphatic carbocycles. The van der Waals surface area contributed by atoms with E-state index in [4.69, 9.17) is 4.74 Å². The molecule has 0 aromatic carbocycles. The zero-order valence-corrected chi connectivity index (χ0v) is 7.93. The first kappa shape index (κ1) is 8.97. The van der Waals surface area contributed by atoms with Gasteiger partial charge in [0.2, 0.25) is 0 Å². The standard InChI is InChI=1S/C9H16N2O2/c1-2-13-8(12)7-3-10-4-9(7)5-11-6-9/h7,10-11H,2-6H2,1H3. The van der Waals surface area contributed by atoms with Crippen molar-refractivity contribution in [2.24, 2.45) is 11.3 Å². The summed E-state index contributed by atoms with van der Waals surface area (Å²) in [4.78, 5) is 11.6. The maximum atomic E-state index is 11.6. The minimum atomic E-state index is -0.0333. The first-order valence-electron chi connectivity index (χ1n) is 4.86. The van der Waals surface area contributed by atoms with Crippen LogP contribution in [-0.4, -0.2) is 38.8 Å². The fourth-order valence-corrected chi connectivity index (χ4v) is 2.20. The topological polar surface area (TPSA) is 50.4 Å². The fraction of sp³-hybridized carbons (Fsp3) is 0.889. The quantitative estimate of drug-likeness (QED) is 0.560. The molecule has 1 spiro atoms. The molecule has 2 fully saturated rings. The lowest BCUT2D eigenvalue weighted by atomic mass is 9.73. The molecule has 0 aromatic heterocycles. The number of nitrogens with one attached hydrogen (secondary N) is 2. The number of hydrogen-bond acceptors (Lipinski definition) is 4. The van der Waals surface area contributed by atoms with Gasteiger partial charge in [-0.1, -0.05) is 0 Å². The van der Waals surface area contributed by atoms with Crippen molar-refractivity contribution in [2.75, 3.05) is 32.8 Å². The zero-order chi connectivity index (χ0) is 9.31. The Balaban J connectivity index is 2.01. The van der Waals surface area contributed by atoms with Crippen LogP contribution in [-0.2, 0) is 9.53 Å². The Bertz CT molecular complexity index is 214. The Morgan fingerprint density at radius 2 is 2.15 bits per heavy atom. The van der Waals surface area contributed by atoms with Crippen molar-refractivity contribution < 1.29 is 9.53 Å². The van der Waals surface area contributed by atoms with Gasteiger partial charge in [-0.15, -0.1) is 0 Å². The largest absolute Gasteiger partial charge is 0.466 e. The van der Waals surface area contributed by atoms with Gasteiger partial charge in [-0.05, 0) is 6.92 Å². The number of carbonyl (C=O) groups is 1. The lowest BCUT2D eigenvalue weighted by Crippen LogP contribution is -2.59. The Hall–Kier alpha value is -0.610. The Kier molecular flexibility index (Phi) is 2.26. The maximum Gasteiger partial charge on any atom is 0.310 e. The molecule has 74 valence electrons. The fourth-order valence-electron chi connectivity index (χ4n) is 2.20. The van der Waals surface area contributed by atoms with E-state index < -0.39 is 0 Å². The number of esters is 1. The smallest absolute Gasteiger partial charge is 0.310 e. The Labute approximate surface area is 78.0 Å². The number of ether oxygens (including phenoxy) is 1. The van der Waals surface area contributed by atoms with E-state index in [-0.39, 0.29) is 17.3 Å². The van der Waals surface area contributed by atoms with Crippen molar-refractivity contribution in [1.29, 1.82) is 0 Å². The highest BCUT2D eigenvalue weighted by atomic mass is 16.5. The van der Waals surface area contributed by atoms with Crippen molar-refractivity contribution in [3.05, 3.63) is 0 Å². The van der Waals surface area contributed by atoms with E-state index in [2.05, 4.69) is 10.6 Å². The second kappa shape index (κ2) is 3.27. The van der Waals surface area contributed by atoms with Gasteiger partial charge in [0.25, 0.3) is 0 Å². The van der Waals surface area contributed by atoms with Gasteiger partial charge in [0.05, 0.1) is 12.5 Å². The van der Waals surface area contributed by atoms with Gasteiger partial charge in [-0.25, -0.2) is 0 Å². The van der Waals surface area contributed by atoms with Crippen molar-refractivity contribution in [1.82, 2.24) is 10.6 Å². The summed E-state index contributed by atoms with van der Waals surface area (Å²) >= 11 is 0. The van der Waals surface area contributed by atoms with Gasteiger partial charge in [-0.3, -0.25) is 4.79 Å². The van der Waals surface area contributed by atoms with Crippen LogP contribution in [0.5, 0.6) is 0 Å². The van der Waals surface area contributed by atoms with Crippen molar-refractivity contribution in [2.45, 2.75) is 6.92 Å². The number of rotatable bonds is 2. The Morgan fingerprint density at radius 1 is 1.46 bits per heavy atom. The van der Waals surface area contributed by atoms with Crippen LogP contribution in [0, 0.1) is 11.3 Å². The third kappa shape index (κ3) is 1.34. The van der Waals surface area contributed by atoms with E-state index >= 15 is 0 Å². The van der Waals surface area contributed by atoms with Gasteiger partial charge >= 0.3 is 5.97 Å². The first-order valence-corrected chi connectivity index (χ1v) is 4.86. The molecule has 2 aliphatic heterocycles. The summed E-state index contributed by atoms with van der Waals surface area (Å²) in [7, 11) is 0. The second-order valence-electron chi connectivity index (χ2n) is 3.90. The van der Waals surface area contributed by atoms with Crippen LogP contribution in [0.3, 0.4) is 0 Å². The molecule has 2 aliphatic rings. The highest BCUT2D eigenvalue weighted by Crippen LogP contribution is 2.35. The molecule has 2 rings (SSSR count). The van der Waals surface area contributed by atoms with E-state index in [1.165, 1.54) is 0 Å². The van der Waals surface area contributed by atoms with E-state index in [1.54, 1.807) is 0 Å². The van der Waals surface area contributed by atoms with Gasteiger partial charge in [0.1, 0.15) is 0 Å². The lowest BCUT2D eigenvalue weighted by Gasteiger charge is -2.42. The second-order valence-corrected chi connectivity index (χ2v) is 3.90. The van der Waals surface area contributed by atoms with Gasteiger partial charge in [0.15, 0.2) is 0 Å². The molecule has 0 bridgehead atoms. The predicted octanol–water partition coefficient (Wildman–Crippen LogP) is -0.641. The summed E-state index contributed by atoms with van der Waals surface area (Å²) in [5.41, 5.74) is 0.159. The minimum absolute atomic E-state index is 0.0333. The lowest BCUT2D eigenvalue weighted by molar-refractivity contribution is -0.152. The molecule has 0 aromatic rings. The third-order valence-electron chi connectivity index (χ3n) is 3.09. The van der Waals surface area contributed by atoms with Crippen LogP contribution in [0.4, 0.5) is 0 Å². The van der Waals surface area contributed by atoms with Gasteiger partial charge < -0.3 is 15.4 Å². The van der Waals surface area contributed by atoms with Crippen LogP contribution in [0.15, 0.2) is 0 Å². The highest BCUT2D eigenvalue weighted by molar-refractivity contribution is 5.74. The molecule has 1 atom stereocenters. The predicted molar refractivity (Wildman–Crippen MR) is 48.3 cm³/mol. The first-order chi connectivity index (χ1) is 6.28. The van der Waals surface area contributed by atoms with Crippen molar-refractivity contribution >= 4 is 5.97 Å². The molecule has 2 N–H and O–H groups in total. The molecule has 13 heavy (non-hydrogen) atoms. The van der Waals surface area contributed by atoms with E-state index in [9.17, 15) is 4.79 Å². The molecule has 0 amide bonds. The maximum absolute atomic E-state index is 11.6. The molecule has 0 saturated carbocycles. The third-order valence-corrected chi connectivity index (χ3v) is 3.09. The highest BCUT2D eigenvalue weighted by Gasteiger charge is 2.51. The average molecular weight is 184 g/mol. The molecular weight excluding hydrogens is 168 g/mol. The molecule has 4 heteroatoms. The molecule has 2 saturated heterocycles. The molecule has 2 heterocycles. The monoisotopic (exact) mass is 184 g/mol. The summed E-state index contributed by atoms with van der Waals surface area (Å²) in [5, 5.41) is 6.49. The summed E-state index contributed by atoms with van der Waals surface area (Å²) in [6.07, 6.45) is 0. The van der Waals surface area contributed by atoms with E-state index in [1.807, 2.05) is 6.92 Å². The van der Waals surface area contributed by atoms with E-state index in [0.29, 0.717) is 6.61 Å². The summed E-state index contributed by atoms with van der Waals surface area (Å²) in [5.74, 6) is 0.0303. The molecular formula is C9H16N2O2. The summed E-state index contributed by atoms with van der Waals surface area (Å²) < 4.78 is 5.05. The zero-order valence-electron chi connectivity index (χ0n) is 7.93. The summed E-state index contributed by atoms with van der Waals surface area (Å²) in [6.45, 7) is 5.96. The molecule has 4 nitrogen and oxygen atoms in total. The van der Waals surface area contributed by atoms with Crippen LogP contribution < -0.4 is 10.6 Å². The average Bonchev–Trinajstić information content (AvgIpc) is 2.46. The molecule has 0 radical (unpaired) electrons. The number of hydrogen-bond donors (Lipinski definition) is 2. The van der Waals surface area contributed by atoms with Crippen LogP contribution in [0.2, 0.25) is 0 Å².